The zero-order valence-corrected chi connectivity index (χ0v) is 8.26. The summed E-state index contributed by atoms with van der Waals surface area (Å²) in [4.78, 5) is 14.3. The highest BCUT2D eigenvalue weighted by Gasteiger charge is 2.63. The van der Waals surface area contributed by atoms with E-state index in [2.05, 4.69) is 4.98 Å². The van der Waals surface area contributed by atoms with E-state index < -0.39 is 24.6 Å². The number of nitrogens with one attached hydrogen (secondary N) is 1. The van der Waals surface area contributed by atoms with E-state index in [9.17, 15) is 26.7 Å². The lowest BCUT2D eigenvalue weighted by atomic mass is 10.3. The number of hydrogen-bond donors (Lipinski definition) is 1. The van der Waals surface area contributed by atoms with Crippen molar-refractivity contribution in [2.45, 2.75) is 18.6 Å². The van der Waals surface area contributed by atoms with E-state index in [-0.39, 0.29) is 5.69 Å². The molecule has 0 radical (unpaired) electrons. The van der Waals surface area contributed by atoms with Crippen molar-refractivity contribution >= 4 is 5.91 Å². The SMILES string of the molecule is O=C(NCc1ccccn1)C(F)(F)C(F)(F)F. The maximum atomic E-state index is 12.5. The molecule has 1 heterocycles. The number of aromatic nitrogens is 1. The molecule has 1 amide bonds. The van der Waals surface area contributed by atoms with Gasteiger partial charge in [0.25, 0.3) is 0 Å². The zero-order valence-electron chi connectivity index (χ0n) is 8.26. The molecule has 0 aliphatic rings. The van der Waals surface area contributed by atoms with Crippen molar-refractivity contribution in [2.75, 3.05) is 0 Å². The predicted octanol–water partition coefficient (Wildman–Crippen LogP) is 1.90. The number of amides is 1. The largest absolute Gasteiger partial charge is 0.463 e. The number of halogens is 5. The van der Waals surface area contributed by atoms with Crippen LogP contribution in [0, 0.1) is 0 Å². The Hall–Kier alpha value is -1.73. The Morgan fingerprint density at radius 1 is 1.24 bits per heavy atom. The molecule has 94 valence electrons. The molecule has 1 N–H and O–H groups in total. The molecule has 0 aromatic carbocycles. The lowest BCUT2D eigenvalue weighted by Crippen LogP contribution is -2.50. The van der Waals surface area contributed by atoms with Crippen molar-refractivity contribution in [3.05, 3.63) is 30.1 Å². The summed E-state index contributed by atoms with van der Waals surface area (Å²) in [7, 11) is 0. The summed E-state index contributed by atoms with van der Waals surface area (Å²) < 4.78 is 60.3. The van der Waals surface area contributed by atoms with E-state index in [1.54, 1.807) is 0 Å². The fourth-order valence-corrected chi connectivity index (χ4v) is 0.913. The minimum Gasteiger partial charge on any atom is -0.345 e. The van der Waals surface area contributed by atoms with Gasteiger partial charge in [0.2, 0.25) is 0 Å². The summed E-state index contributed by atoms with van der Waals surface area (Å²) in [6.45, 7) is -0.495. The second-order valence-corrected chi connectivity index (χ2v) is 3.08. The van der Waals surface area contributed by atoms with Gasteiger partial charge in [-0.3, -0.25) is 9.78 Å². The number of hydrogen-bond acceptors (Lipinski definition) is 2. The van der Waals surface area contributed by atoms with Gasteiger partial charge in [-0.15, -0.1) is 0 Å². The second-order valence-electron chi connectivity index (χ2n) is 3.08. The average molecular weight is 254 g/mol. The molecule has 0 atom stereocenters. The maximum absolute atomic E-state index is 12.5. The zero-order chi connectivity index (χ0) is 13.1. The minimum absolute atomic E-state index is 0.179. The number of rotatable bonds is 3. The first kappa shape index (κ1) is 13.3. The van der Waals surface area contributed by atoms with Crippen LogP contribution in [-0.2, 0) is 11.3 Å². The molecule has 0 aliphatic carbocycles. The first-order valence-electron chi connectivity index (χ1n) is 4.38. The second kappa shape index (κ2) is 4.64. The van der Waals surface area contributed by atoms with Crippen LogP contribution in [0.1, 0.15) is 5.69 Å². The van der Waals surface area contributed by atoms with Crippen LogP contribution in [0.2, 0.25) is 0 Å². The highest BCUT2D eigenvalue weighted by Crippen LogP contribution is 2.35. The third-order valence-corrected chi connectivity index (χ3v) is 1.80. The highest BCUT2D eigenvalue weighted by molar-refractivity contribution is 5.84. The molecule has 0 spiro atoms. The highest BCUT2D eigenvalue weighted by atomic mass is 19.4. The molecule has 0 unspecified atom stereocenters. The van der Waals surface area contributed by atoms with Crippen LogP contribution in [0.25, 0.3) is 0 Å². The van der Waals surface area contributed by atoms with Gasteiger partial charge in [0, 0.05) is 6.20 Å². The van der Waals surface area contributed by atoms with Crippen LogP contribution in [0.3, 0.4) is 0 Å². The smallest absolute Gasteiger partial charge is 0.345 e. The summed E-state index contributed by atoms with van der Waals surface area (Å²) in [5, 5.41) is 1.47. The van der Waals surface area contributed by atoms with Gasteiger partial charge in [0.05, 0.1) is 12.2 Å². The number of carbonyl (C=O) groups excluding carboxylic acids is 1. The Morgan fingerprint density at radius 3 is 2.35 bits per heavy atom. The first-order chi connectivity index (χ1) is 7.75. The lowest BCUT2D eigenvalue weighted by molar-refractivity contribution is -0.269. The molecule has 0 saturated carbocycles. The van der Waals surface area contributed by atoms with E-state index >= 15 is 0 Å². The molecule has 1 rings (SSSR count). The van der Waals surface area contributed by atoms with Gasteiger partial charge in [0.15, 0.2) is 0 Å². The van der Waals surface area contributed by atoms with Crippen LogP contribution < -0.4 is 5.32 Å². The Kier molecular flexibility index (Phi) is 3.64. The number of alkyl halides is 5. The molecular weight excluding hydrogens is 247 g/mol. The molecular formula is C9H7F5N2O. The van der Waals surface area contributed by atoms with Crippen LogP contribution in [0.15, 0.2) is 24.4 Å². The standard InChI is InChI=1S/C9H7F5N2O/c10-8(11,9(12,13)14)7(17)16-5-6-3-1-2-4-15-6/h1-4H,5H2,(H,16,17). The Labute approximate surface area is 92.6 Å². The van der Waals surface area contributed by atoms with E-state index in [4.69, 9.17) is 0 Å². The van der Waals surface area contributed by atoms with E-state index in [0.29, 0.717) is 0 Å². The number of pyridine rings is 1. The molecule has 0 aliphatic heterocycles. The Bertz CT molecular complexity index is 390. The third kappa shape index (κ3) is 3.11. The molecule has 0 saturated heterocycles. The van der Waals surface area contributed by atoms with Gasteiger partial charge in [0.1, 0.15) is 0 Å². The van der Waals surface area contributed by atoms with Crippen molar-refractivity contribution in [3.63, 3.8) is 0 Å². The maximum Gasteiger partial charge on any atom is 0.463 e. The number of nitrogens with zero attached hydrogens (tertiary/aromatic N) is 1. The number of carbonyl (C=O) groups is 1. The van der Waals surface area contributed by atoms with Crippen molar-refractivity contribution in [1.29, 1.82) is 0 Å². The molecule has 1 aromatic rings. The summed E-state index contributed by atoms with van der Waals surface area (Å²) in [5.74, 6) is -7.79. The molecule has 0 fully saturated rings. The molecule has 3 nitrogen and oxygen atoms in total. The van der Waals surface area contributed by atoms with E-state index in [1.165, 1.54) is 29.7 Å². The van der Waals surface area contributed by atoms with Crippen molar-refractivity contribution in [2.24, 2.45) is 0 Å². The van der Waals surface area contributed by atoms with Crippen molar-refractivity contribution in [3.8, 4) is 0 Å². The van der Waals surface area contributed by atoms with Gasteiger partial charge in [-0.05, 0) is 12.1 Å². The Balaban J connectivity index is 2.62. The first-order valence-corrected chi connectivity index (χ1v) is 4.38. The van der Waals surface area contributed by atoms with Gasteiger partial charge in [-0.1, -0.05) is 6.07 Å². The van der Waals surface area contributed by atoms with E-state index in [1.807, 2.05) is 0 Å². The van der Waals surface area contributed by atoms with Crippen molar-refractivity contribution < 1.29 is 26.7 Å². The average Bonchev–Trinajstić information content (AvgIpc) is 2.25. The molecule has 8 heteroatoms. The summed E-state index contributed by atoms with van der Waals surface area (Å²) in [6.07, 6.45) is -4.58. The Morgan fingerprint density at radius 2 is 1.88 bits per heavy atom. The lowest BCUT2D eigenvalue weighted by Gasteiger charge is -2.18. The van der Waals surface area contributed by atoms with Gasteiger partial charge >= 0.3 is 18.0 Å². The minimum atomic E-state index is -5.90. The topological polar surface area (TPSA) is 42.0 Å². The van der Waals surface area contributed by atoms with Gasteiger partial charge in [-0.25, -0.2) is 0 Å². The fraction of sp³-hybridized carbons (Fsp3) is 0.333. The quantitative estimate of drug-likeness (QED) is 0.837. The van der Waals surface area contributed by atoms with Crippen LogP contribution in [0.5, 0.6) is 0 Å². The molecule has 0 bridgehead atoms. The van der Waals surface area contributed by atoms with Crippen LogP contribution in [0.4, 0.5) is 22.0 Å². The third-order valence-electron chi connectivity index (χ3n) is 1.80. The summed E-state index contributed by atoms with van der Waals surface area (Å²) in [6, 6.07) is 4.43. The predicted molar refractivity (Wildman–Crippen MR) is 47.1 cm³/mol. The van der Waals surface area contributed by atoms with Gasteiger partial charge in [-0.2, -0.15) is 22.0 Å². The van der Waals surface area contributed by atoms with Crippen LogP contribution in [-0.4, -0.2) is 23.0 Å². The van der Waals surface area contributed by atoms with Crippen molar-refractivity contribution in [1.82, 2.24) is 10.3 Å². The fourth-order valence-electron chi connectivity index (χ4n) is 0.913. The normalized spacial score (nSPS) is 12.3. The van der Waals surface area contributed by atoms with E-state index in [0.717, 1.165) is 0 Å². The summed E-state index contributed by atoms with van der Waals surface area (Å²) in [5.41, 5.74) is 0.179. The summed E-state index contributed by atoms with van der Waals surface area (Å²) >= 11 is 0. The van der Waals surface area contributed by atoms with Crippen LogP contribution >= 0.6 is 0 Å². The molecule has 1 aromatic heterocycles. The van der Waals surface area contributed by atoms with Gasteiger partial charge < -0.3 is 5.32 Å². The molecule has 17 heavy (non-hydrogen) atoms. The monoisotopic (exact) mass is 254 g/mol.